The third-order valence-electron chi connectivity index (χ3n) is 4.83. The number of hydrogen-bond acceptors (Lipinski definition) is 4. The van der Waals surface area contributed by atoms with Crippen molar-refractivity contribution in [2.45, 2.75) is 44.8 Å². The van der Waals surface area contributed by atoms with Crippen LogP contribution in [0.2, 0.25) is 0 Å². The molecule has 0 spiro atoms. The predicted molar refractivity (Wildman–Crippen MR) is 89.9 cm³/mol. The Balaban J connectivity index is 1.79. The van der Waals surface area contributed by atoms with Gasteiger partial charge in [0.25, 0.3) is 0 Å². The van der Waals surface area contributed by atoms with E-state index in [1.807, 2.05) is 32.9 Å². The molecule has 2 heterocycles. The van der Waals surface area contributed by atoms with Crippen LogP contribution in [-0.4, -0.2) is 39.8 Å². The lowest BCUT2D eigenvalue weighted by Crippen LogP contribution is -2.39. The fraction of sp³-hybridized carbons (Fsp3) is 0.647. The zero-order valence-corrected chi connectivity index (χ0v) is 15.3. The number of pyridine rings is 1. The summed E-state index contributed by atoms with van der Waals surface area (Å²) in [7, 11) is 0. The molecule has 3 unspecified atom stereocenters. The first kappa shape index (κ1) is 16.7. The summed E-state index contributed by atoms with van der Waals surface area (Å²) in [6.45, 7) is 6.78. The van der Waals surface area contributed by atoms with Gasteiger partial charge in [0.1, 0.15) is 10.2 Å². The van der Waals surface area contributed by atoms with Gasteiger partial charge in [-0.2, -0.15) is 0 Å². The maximum absolute atomic E-state index is 12.3. The first-order valence-electron chi connectivity index (χ1n) is 8.02. The molecule has 0 radical (unpaired) electrons. The SMILES string of the molecule is CC(C)(C)OC(=O)N1CC2CCC(O)(c3cccnc3Br)C2C1. The van der Waals surface area contributed by atoms with E-state index in [2.05, 4.69) is 20.9 Å². The molecule has 0 bridgehead atoms. The predicted octanol–water partition coefficient (Wildman–Crippen LogP) is 3.31. The van der Waals surface area contributed by atoms with Crippen LogP contribution in [0.5, 0.6) is 0 Å². The summed E-state index contributed by atoms with van der Waals surface area (Å²) >= 11 is 3.45. The summed E-state index contributed by atoms with van der Waals surface area (Å²) in [5.41, 5.74) is -0.620. The average Bonchev–Trinajstić information content (AvgIpc) is 2.99. The molecular formula is C17H23BrN2O3. The molecule has 5 nitrogen and oxygen atoms in total. The topological polar surface area (TPSA) is 62.7 Å². The van der Waals surface area contributed by atoms with Crippen molar-refractivity contribution in [1.82, 2.24) is 9.88 Å². The fourth-order valence-electron chi connectivity index (χ4n) is 3.81. The third-order valence-corrected chi connectivity index (χ3v) is 5.46. The summed E-state index contributed by atoms with van der Waals surface area (Å²) in [5.74, 6) is 0.329. The van der Waals surface area contributed by atoms with Gasteiger partial charge in [0.2, 0.25) is 0 Å². The average molecular weight is 383 g/mol. The molecule has 2 aliphatic rings. The zero-order valence-electron chi connectivity index (χ0n) is 13.8. The van der Waals surface area contributed by atoms with E-state index in [4.69, 9.17) is 4.74 Å². The zero-order chi connectivity index (χ0) is 16.8. The minimum absolute atomic E-state index is 0.0236. The van der Waals surface area contributed by atoms with Crippen LogP contribution in [0.3, 0.4) is 0 Å². The largest absolute Gasteiger partial charge is 0.444 e. The number of carbonyl (C=O) groups excluding carboxylic acids is 1. The van der Waals surface area contributed by atoms with Gasteiger partial charge in [0.05, 0.1) is 5.60 Å². The number of ether oxygens (including phenoxy) is 1. The number of aromatic nitrogens is 1. The maximum atomic E-state index is 12.3. The third kappa shape index (κ3) is 3.11. The second-order valence-corrected chi connectivity index (χ2v) is 8.31. The van der Waals surface area contributed by atoms with Crippen molar-refractivity contribution in [2.24, 2.45) is 11.8 Å². The van der Waals surface area contributed by atoms with E-state index in [1.165, 1.54) is 0 Å². The Morgan fingerprint density at radius 2 is 2.22 bits per heavy atom. The Morgan fingerprint density at radius 1 is 1.48 bits per heavy atom. The number of aliphatic hydroxyl groups is 1. The quantitative estimate of drug-likeness (QED) is 0.756. The lowest BCUT2D eigenvalue weighted by Gasteiger charge is -2.31. The molecule has 23 heavy (non-hydrogen) atoms. The van der Waals surface area contributed by atoms with Gasteiger partial charge in [-0.05, 0) is 61.5 Å². The second kappa shape index (κ2) is 5.74. The Kier molecular flexibility index (Phi) is 4.17. The lowest BCUT2D eigenvalue weighted by atomic mass is 9.83. The number of rotatable bonds is 1. The minimum Gasteiger partial charge on any atom is -0.444 e. The molecular weight excluding hydrogens is 360 g/mol. The number of amides is 1. The van der Waals surface area contributed by atoms with E-state index in [-0.39, 0.29) is 12.0 Å². The first-order chi connectivity index (χ1) is 10.7. The van der Waals surface area contributed by atoms with Crippen molar-refractivity contribution in [3.05, 3.63) is 28.5 Å². The molecule has 1 aromatic rings. The van der Waals surface area contributed by atoms with Crippen molar-refractivity contribution in [3.8, 4) is 0 Å². The van der Waals surface area contributed by atoms with Crippen molar-refractivity contribution >= 4 is 22.0 Å². The standard InChI is InChI=1S/C17H23BrN2O3/c1-16(2,3)23-15(21)20-9-11-6-7-17(22,13(11)10-20)12-5-4-8-19-14(12)18/h4-5,8,11,13,22H,6-7,9-10H2,1-3H3. The van der Waals surface area contributed by atoms with Gasteiger partial charge in [-0.15, -0.1) is 0 Å². The van der Waals surface area contributed by atoms with Gasteiger partial charge in [-0.1, -0.05) is 6.07 Å². The summed E-state index contributed by atoms with van der Waals surface area (Å²) in [5, 5.41) is 11.3. The highest BCUT2D eigenvalue weighted by Crippen LogP contribution is 2.51. The normalized spacial score (nSPS) is 30.4. The number of nitrogens with zero attached hydrogens (tertiary/aromatic N) is 2. The van der Waals surface area contributed by atoms with Gasteiger partial charge < -0.3 is 14.7 Å². The molecule has 1 aliphatic carbocycles. The van der Waals surface area contributed by atoms with Crippen LogP contribution in [0.15, 0.2) is 22.9 Å². The van der Waals surface area contributed by atoms with Crippen LogP contribution in [0.25, 0.3) is 0 Å². The minimum atomic E-state index is -0.936. The van der Waals surface area contributed by atoms with E-state index < -0.39 is 11.2 Å². The Labute approximate surface area is 145 Å². The molecule has 0 aromatic carbocycles. The van der Waals surface area contributed by atoms with Crippen molar-refractivity contribution in [3.63, 3.8) is 0 Å². The van der Waals surface area contributed by atoms with Crippen LogP contribution in [0.4, 0.5) is 4.79 Å². The Bertz CT molecular complexity index is 616. The maximum Gasteiger partial charge on any atom is 0.410 e. The highest BCUT2D eigenvalue weighted by molar-refractivity contribution is 9.10. The van der Waals surface area contributed by atoms with Crippen LogP contribution in [-0.2, 0) is 10.3 Å². The van der Waals surface area contributed by atoms with Crippen molar-refractivity contribution in [1.29, 1.82) is 0 Å². The summed E-state index contributed by atoms with van der Waals surface area (Å²) in [6, 6.07) is 3.75. The molecule has 1 saturated carbocycles. The molecule has 1 saturated heterocycles. The molecule has 1 amide bonds. The number of fused-ring (bicyclic) bond motifs is 1. The van der Waals surface area contributed by atoms with Crippen molar-refractivity contribution in [2.75, 3.05) is 13.1 Å². The number of halogens is 1. The molecule has 6 heteroatoms. The molecule has 126 valence electrons. The van der Waals surface area contributed by atoms with Crippen molar-refractivity contribution < 1.29 is 14.6 Å². The van der Waals surface area contributed by atoms with Crippen LogP contribution < -0.4 is 0 Å². The van der Waals surface area contributed by atoms with Gasteiger partial charge in [-0.3, -0.25) is 0 Å². The van der Waals surface area contributed by atoms with E-state index in [1.54, 1.807) is 11.1 Å². The van der Waals surface area contributed by atoms with E-state index in [9.17, 15) is 9.90 Å². The Hall–Kier alpha value is -1.14. The highest BCUT2D eigenvalue weighted by atomic mass is 79.9. The molecule has 1 aliphatic heterocycles. The number of likely N-dealkylation sites (tertiary alicyclic amines) is 1. The molecule has 1 N–H and O–H groups in total. The first-order valence-corrected chi connectivity index (χ1v) is 8.81. The van der Waals surface area contributed by atoms with Gasteiger partial charge in [-0.25, -0.2) is 9.78 Å². The lowest BCUT2D eigenvalue weighted by molar-refractivity contribution is -0.0110. The smallest absolute Gasteiger partial charge is 0.410 e. The van der Waals surface area contributed by atoms with E-state index in [0.717, 1.165) is 12.0 Å². The van der Waals surface area contributed by atoms with Gasteiger partial charge in [0, 0.05) is 30.8 Å². The summed E-state index contributed by atoms with van der Waals surface area (Å²) in [4.78, 5) is 18.3. The fourth-order valence-corrected chi connectivity index (χ4v) is 4.41. The van der Waals surface area contributed by atoms with Crippen LogP contribution in [0, 0.1) is 11.8 Å². The van der Waals surface area contributed by atoms with Gasteiger partial charge >= 0.3 is 6.09 Å². The molecule has 1 aromatic heterocycles. The highest BCUT2D eigenvalue weighted by Gasteiger charge is 2.54. The van der Waals surface area contributed by atoms with E-state index in [0.29, 0.717) is 30.0 Å². The summed E-state index contributed by atoms with van der Waals surface area (Å²) < 4.78 is 6.15. The molecule has 3 rings (SSSR count). The van der Waals surface area contributed by atoms with Crippen LogP contribution in [0.1, 0.15) is 39.2 Å². The summed E-state index contributed by atoms with van der Waals surface area (Å²) in [6.07, 6.45) is 3.02. The number of carbonyl (C=O) groups is 1. The number of hydrogen-bond donors (Lipinski definition) is 1. The van der Waals surface area contributed by atoms with E-state index >= 15 is 0 Å². The Morgan fingerprint density at radius 3 is 2.87 bits per heavy atom. The molecule has 3 atom stereocenters. The van der Waals surface area contributed by atoms with Crippen LogP contribution >= 0.6 is 15.9 Å². The second-order valence-electron chi connectivity index (χ2n) is 7.56. The monoisotopic (exact) mass is 382 g/mol. The van der Waals surface area contributed by atoms with Gasteiger partial charge in [0.15, 0.2) is 0 Å². The molecule has 2 fully saturated rings.